The molecule has 1 aromatic heterocycles. The van der Waals surface area contributed by atoms with E-state index in [2.05, 4.69) is 11.1 Å². The minimum Gasteiger partial charge on any atom is -0.462 e. The molecule has 22 heavy (non-hydrogen) atoms. The molecule has 1 aliphatic rings. The molecule has 2 rings (SSSR count). The van der Waals surface area contributed by atoms with E-state index in [0.717, 1.165) is 36.9 Å². The number of aryl methyl sites for hydroxylation is 2. The predicted octanol–water partition coefficient (Wildman–Crippen LogP) is 3.93. The summed E-state index contributed by atoms with van der Waals surface area (Å²) >= 11 is 1.31. The van der Waals surface area contributed by atoms with Gasteiger partial charge in [-0.15, -0.1) is 0 Å². The molecule has 0 spiro atoms. The largest absolute Gasteiger partial charge is 0.462 e. The fourth-order valence-electron chi connectivity index (χ4n) is 2.68. The molecule has 0 bridgehead atoms. The number of hydrogen-bond acceptors (Lipinski definition) is 5. The number of carbonyl (C=O) groups is 1. The van der Waals surface area contributed by atoms with E-state index >= 15 is 0 Å². The van der Waals surface area contributed by atoms with E-state index in [0.29, 0.717) is 10.6 Å². The first-order chi connectivity index (χ1) is 10.5. The Kier molecular flexibility index (Phi) is 5.84. The van der Waals surface area contributed by atoms with Gasteiger partial charge in [-0.05, 0) is 58.1 Å². The highest BCUT2D eigenvalue weighted by Crippen LogP contribution is 2.29. The van der Waals surface area contributed by atoms with Crippen LogP contribution in [0.5, 0.6) is 0 Å². The number of rotatable bonds is 4. The third-order valence-corrected chi connectivity index (χ3v) is 4.94. The third-order valence-electron chi connectivity index (χ3n) is 3.88. The highest BCUT2D eigenvalue weighted by atomic mass is 32.2. The zero-order valence-corrected chi connectivity index (χ0v) is 14.2. The molecule has 4 nitrogen and oxygen atoms in total. The number of nitrogens with zero attached hydrogens (tertiary/aromatic N) is 2. The van der Waals surface area contributed by atoms with E-state index in [-0.39, 0.29) is 17.3 Å². The summed E-state index contributed by atoms with van der Waals surface area (Å²) in [5, 5.41) is 9.54. The molecular formula is C17H22N2O2S. The molecule has 0 aromatic carbocycles. The SMILES string of the molecule is Cc1cc(C)c(C#N)c(SC(C)C(=O)OC2CCCCC2)n1. The summed E-state index contributed by atoms with van der Waals surface area (Å²) in [7, 11) is 0. The molecule has 1 aliphatic carbocycles. The van der Waals surface area contributed by atoms with Crippen LogP contribution in [0.1, 0.15) is 55.8 Å². The van der Waals surface area contributed by atoms with Crippen molar-refractivity contribution < 1.29 is 9.53 Å². The lowest BCUT2D eigenvalue weighted by Crippen LogP contribution is -2.26. The first-order valence-corrected chi connectivity index (χ1v) is 8.64. The van der Waals surface area contributed by atoms with E-state index in [1.165, 1.54) is 18.2 Å². The lowest BCUT2D eigenvalue weighted by Gasteiger charge is -2.23. The second kappa shape index (κ2) is 7.64. The second-order valence-corrected chi connectivity index (χ2v) is 7.16. The number of pyridine rings is 1. The van der Waals surface area contributed by atoms with Crippen LogP contribution in [0.4, 0.5) is 0 Å². The van der Waals surface area contributed by atoms with Crippen molar-refractivity contribution in [2.45, 2.75) is 69.3 Å². The van der Waals surface area contributed by atoms with Crippen molar-refractivity contribution >= 4 is 17.7 Å². The topological polar surface area (TPSA) is 63.0 Å². The van der Waals surface area contributed by atoms with Crippen molar-refractivity contribution in [3.05, 3.63) is 22.9 Å². The van der Waals surface area contributed by atoms with Gasteiger partial charge in [0.05, 0.1) is 5.56 Å². The van der Waals surface area contributed by atoms with Gasteiger partial charge in [0.25, 0.3) is 0 Å². The molecule has 118 valence electrons. The van der Waals surface area contributed by atoms with Gasteiger partial charge < -0.3 is 4.74 Å². The molecule has 0 aliphatic heterocycles. The van der Waals surface area contributed by atoms with Gasteiger partial charge in [0.15, 0.2) is 0 Å². The van der Waals surface area contributed by atoms with Crippen LogP contribution in [0.25, 0.3) is 0 Å². The van der Waals surface area contributed by atoms with E-state index < -0.39 is 0 Å². The normalized spacial score (nSPS) is 16.8. The molecule has 0 amide bonds. The van der Waals surface area contributed by atoms with Gasteiger partial charge in [0, 0.05) is 5.69 Å². The molecule has 0 radical (unpaired) electrons. The Labute approximate surface area is 136 Å². The maximum Gasteiger partial charge on any atom is 0.319 e. The standard InChI is InChI=1S/C17H22N2O2S/c1-11-9-12(2)19-16(15(11)10-18)22-13(3)17(20)21-14-7-5-4-6-8-14/h9,13-14H,4-8H2,1-3H3. The first-order valence-electron chi connectivity index (χ1n) is 7.76. The number of hydrogen-bond donors (Lipinski definition) is 0. The summed E-state index contributed by atoms with van der Waals surface area (Å²) < 4.78 is 5.59. The molecule has 1 aromatic rings. The van der Waals surface area contributed by atoms with Gasteiger partial charge >= 0.3 is 5.97 Å². The Bertz CT molecular complexity index is 589. The molecule has 0 saturated heterocycles. The van der Waals surface area contributed by atoms with Crippen LogP contribution in [0.3, 0.4) is 0 Å². The van der Waals surface area contributed by atoms with Gasteiger partial charge in [0.2, 0.25) is 0 Å². The molecule has 1 heterocycles. The van der Waals surface area contributed by atoms with Gasteiger partial charge in [-0.1, -0.05) is 18.2 Å². The Morgan fingerprint density at radius 1 is 1.41 bits per heavy atom. The van der Waals surface area contributed by atoms with Gasteiger partial charge in [-0.25, -0.2) is 4.98 Å². The molecule has 1 saturated carbocycles. The minimum atomic E-state index is -0.359. The predicted molar refractivity (Wildman–Crippen MR) is 86.7 cm³/mol. The summed E-state index contributed by atoms with van der Waals surface area (Å²) in [5.74, 6) is -0.207. The number of carbonyl (C=O) groups excluding carboxylic acids is 1. The number of nitriles is 1. The maximum atomic E-state index is 12.2. The molecule has 0 N–H and O–H groups in total. The number of esters is 1. The molecule has 5 heteroatoms. The van der Waals surface area contributed by atoms with E-state index in [1.54, 1.807) is 0 Å². The lowest BCUT2D eigenvalue weighted by molar-refractivity contribution is -0.149. The molecule has 1 atom stereocenters. The van der Waals surface area contributed by atoms with Gasteiger partial charge in [-0.2, -0.15) is 5.26 Å². The maximum absolute atomic E-state index is 12.2. The van der Waals surface area contributed by atoms with Crippen LogP contribution >= 0.6 is 11.8 Å². The zero-order chi connectivity index (χ0) is 16.1. The first kappa shape index (κ1) is 16.8. The fourth-order valence-corrected chi connectivity index (χ4v) is 3.69. The van der Waals surface area contributed by atoms with Crippen molar-refractivity contribution in [2.24, 2.45) is 0 Å². The quantitative estimate of drug-likeness (QED) is 0.622. The summed E-state index contributed by atoms with van der Waals surface area (Å²) in [6, 6.07) is 4.06. The second-order valence-electron chi connectivity index (χ2n) is 5.83. The minimum absolute atomic E-state index is 0.0620. The van der Waals surface area contributed by atoms with Crippen LogP contribution in [-0.4, -0.2) is 22.3 Å². The summed E-state index contributed by atoms with van der Waals surface area (Å²) in [4.78, 5) is 16.6. The van der Waals surface area contributed by atoms with Crippen molar-refractivity contribution in [1.29, 1.82) is 5.26 Å². The summed E-state index contributed by atoms with van der Waals surface area (Å²) in [6.45, 7) is 5.60. The van der Waals surface area contributed by atoms with Crippen molar-refractivity contribution in [3.8, 4) is 6.07 Å². The molecule has 1 fully saturated rings. The number of aromatic nitrogens is 1. The molecular weight excluding hydrogens is 296 g/mol. The highest BCUT2D eigenvalue weighted by Gasteiger charge is 2.24. The van der Waals surface area contributed by atoms with Crippen LogP contribution in [0, 0.1) is 25.2 Å². The Morgan fingerprint density at radius 3 is 2.73 bits per heavy atom. The van der Waals surface area contributed by atoms with Crippen molar-refractivity contribution in [3.63, 3.8) is 0 Å². The lowest BCUT2D eigenvalue weighted by atomic mass is 9.98. The molecule has 1 unspecified atom stereocenters. The smallest absolute Gasteiger partial charge is 0.319 e. The summed E-state index contributed by atoms with van der Waals surface area (Å²) in [5.41, 5.74) is 2.30. The van der Waals surface area contributed by atoms with Crippen LogP contribution in [0.2, 0.25) is 0 Å². The Morgan fingerprint density at radius 2 is 2.09 bits per heavy atom. The van der Waals surface area contributed by atoms with Crippen LogP contribution in [0.15, 0.2) is 11.1 Å². The summed E-state index contributed by atoms with van der Waals surface area (Å²) in [6.07, 6.45) is 5.50. The Hall–Kier alpha value is -1.54. The van der Waals surface area contributed by atoms with Crippen LogP contribution in [-0.2, 0) is 9.53 Å². The van der Waals surface area contributed by atoms with Crippen molar-refractivity contribution in [1.82, 2.24) is 4.98 Å². The zero-order valence-electron chi connectivity index (χ0n) is 13.4. The monoisotopic (exact) mass is 318 g/mol. The van der Waals surface area contributed by atoms with Crippen molar-refractivity contribution in [2.75, 3.05) is 0 Å². The Balaban J connectivity index is 2.03. The average Bonchev–Trinajstić information content (AvgIpc) is 2.47. The van der Waals surface area contributed by atoms with E-state index in [9.17, 15) is 10.1 Å². The highest BCUT2D eigenvalue weighted by molar-refractivity contribution is 8.00. The third kappa shape index (κ3) is 4.23. The van der Waals surface area contributed by atoms with Gasteiger partial charge in [-0.3, -0.25) is 4.79 Å². The van der Waals surface area contributed by atoms with Crippen LogP contribution < -0.4 is 0 Å². The number of ether oxygens (including phenoxy) is 1. The van der Waals surface area contributed by atoms with Gasteiger partial charge in [0.1, 0.15) is 22.4 Å². The fraction of sp³-hybridized carbons (Fsp3) is 0.588. The van der Waals surface area contributed by atoms with E-state index in [4.69, 9.17) is 4.74 Å². The number of thioether (sulfide) groups is 1. The van der Waals surface area contributed by atoms with E-state index in [1.807, 2.05) is 26.8 Å². The average molecular weight is 318 g/mol.